The number of anilines is 2. The van der Waals surface area contributed by atoms with Crippen molar-refractivity contribution in [1.29, 1.82) is 0 Å². The average Bonchev–Trinajstić information content (AvgIpc) is 2.24. The fourth-order valence-corrected chi connectivity index (χ4v) is 1.56. The molecular formula is C14H23N3O2. The number of alkyl carbamates (subject to hydrolysis) is 1. The minimum absolute atomic E-state index is 0.400. The predicted molar refractivity (Wildman–Crippen MR) is 78.3 cm³/mol. The van der Waals surface area contributed by atoms with Crippen molar-refractivity contribution in [3.8, 4) is 0 Å². The Kier molecular flexibility index (Phi) is 5.03. The molecule has 0 spiro atoms. The Morgan fingerprint density at radius 3 is 2.58 bits per heavy atom. The van der Waals surface area contributed by atoms with Gasteiger partial charge in [-0.15, -0.1) is 0 Å². The lowest BCUT2D eigenvalue weighted by Crippen LogP contribution is -2.35. The minimum Gasteiger partial charge on any atom is -0.444 e. The molecule has 0 atom stereocenters. The van der Waals surface area contributed by atoms with Gasteiger partial charge in [0, 0.05) is 24.5 Å². The number of carbonyl (C=O) groups excluding carboxylic acids is 1. The highest BCUT2D eigenvalue weighted by atomic mass is 16.6. The van der Waals surface area contributed by atoms with E-state index in [1.807, 2.05) is 45.9 Å². The number of aryl methyl sites for hydroxylation is 1. The molecule has 0 saturated heterocycles. The van der Waals surface area contributed by atoms with Crippen LogP contribution in [0.1, 0.15) is 26.3 Å². The summed E-state index contributed by atoms with van der Waals surface area (Å²) in [6.07, 6.45) is -0.400. The second-order valence-electron chi connectivity index (χ2n) is 5.43. The third-order valence-corrected chi connectivity index (χ3v) is 2.36. The van der Waals surface area contributed by atoms with Crippen LogP contribution in [0.5, 0.6) is 0 Å². The number of amides is 1. The van der Waals surface area contributed by atoms with Crippen molar-refractivity contribution >= 4 is 17.5 Å². The molecule has 0 saturated carbocycles. The number of nitrogens with one attached hydrogen (secondary N) is 2. The predicted octanol–water partition coefficient (Wildman–Crippen LogP) is 2.51. The number of nitrogens with two attached hydrogens (primary N) is 1. The number of benzene rings is 1. The summed E-state index contributed by atoms with van der Waals surface area (Å²) in [7, 11) is 0. The smallest absolute Gasteiger partial charge is 0.407 e. The molecule has 5 nitrogen and oxygen atoms in total. The fourth-order valence-electron chi connectivity index (χ4n) is 1.56. The lowest BCUT2D eigenvalue weighted by molar-refractivity contribution is 0.0530. The molecule has 1 aromatic carbocycles. The molecule has 0 fully saturated rings. The zero-order chi connectivity index (χ0) is 14.5. The summed E-state index contributed by atoms with van der Waals surface area (Å²) in [5.41, 5.74) is 8.05. The zero-order valence-electron chi connectivity index (χ0n) is 12.0. The van der Waals surface area contributed by atoms with Gasteiger partial charge in [0.05, 0.1) is 0 Å². The van der Waals surface area contributed by atoms with E-state index in [-0.39, 0.29) is 0 Å². The molecule has 1 amide bonds. The van der Waals surface area contributed by atoms with Gasteiger partial charge in [-0.3, -0.25) is 0 Å². The van der Waals surface area contributed by atoms with Crippen molar-refractivity contribution in [1.82, 2.24) is 5.32 Å². The second kappa shape index (κ2) is 6.31. The number of hydrogen-bond acceptors (Lipinski definition) is 4. The van der Waals surface area contributed by atoms with Crippen LogP contribution in [0, 0.1) is 6.92 Å². The highest BCUT2D eigenvalue weighted by Gasteiger charge is 2.15. The van der Waals surface area contributed by atoms with E-state index in [0.717, 1.165) is 16.9 Å². The van der Waals surface area contributed by atoms with Gasteiger partial charge in [0.25, 0.3) is 0 Å². The van der Waals surface area contributed by atoms with Crippen LogP contribution >= 0.6 is 0 Å². The Bertz CT molecular complexity index is 439. The van der Waals surface area contributed by atoms with E-state index in [9.17, 15) is 4.79 Å². The Labute approximate surface area is 114 Å². The van der Waals surface area contributed by atoms with Crippen LogP contribution in [0.25, 0.3) is 0 Å². The summed E-state index contributed by atoms with van der Waals surface area (Å²) in [5.74, 6) is 0. The third kappa shape index (κ3) is 5.99. The van der Waals surface area contributed by atoms with Gasteiger partial charge in [0.1, 0.15) is 5.60 Å². The molecule has 19 heavy (non-hydrogen) atoms. The van der Waals surface area contributed by atoms with Gasteiger partial charge in [-0.1, -0.05) is 0 Å². The zero-order valence-corrected chi connectivity index (χ0v) is 12.0. The van der Waals surface area contributed by atoms with Crippen molar-refractivity contribution < 1.29 is 9.53 Å². The summed E-state index contributed by atoms with van der Waals surface area (Å²) in [6, 6.07) is 5.68. The van der Waals surface area contributed by atoms with Crippen molar-refractivity contribution in [2.45, 2.75) is 33.3 Å². The normalized spacial score (nSPS) is 10.9. The Morgan fingerprint density at radius 2 is 2.00 bits per heavy atom. The monoisotopic (exact) mass is 265 g/mol. The summed E-state index contributed by atoms with van der Waals surface area (Å²) >= 11 is 0. The van der Waals surface area contributed by atoms with E-state index < -0.39 is 11.7 Å². The topological polar surface area (TPSA) is 76.4 Å². The van der Waals surface area contributed by atoms with Crippen LogP contribution in [0.4, 0.5) is 16.2 Å². The first kappa shape index (κ1) is 15.1. The van der Waals surface area contributed by atoms with Crippen molar-refractivity contribution in [3.63, 3.8) is 0 Å². The standard InChI is InChI=1S/C14H23N3O2/c1-10-9-11(15)5-6-12(10)16-7-8-17-13(18)19-14(2,3)4/h5-6,9,16H,7-8,15H2,1-4H3,(H,17,18). The number of nitrogen functional groups attached to an aromatic ring is 1. The minimum atomic E-state index is -0.467. The SMILES string of the molecule is Cc1cc(N)ccc1NCCNC(=O)OC(C)(C)C. The molecule has 0 aliphatic rings. The molecule has 0 aliphatic carbocycles. The molecule has 1 rings (SSSR count). The number of carbonyl (C=O) groups is 1. The van der Waals surface area contributed by atoms with E-state index in [1.165, 1.54) is 0 Å². The van der Waals surface area contributed by atoms with Gasteiger partial charge in [0.2, 0.25) is 0 Å². The van der Waals surface area contributed by atoms with E-state index in [4.69, 9.17) is 10.5 Å². The first-order valence-corrected chi connectivity index (χ1v) is 6.35. The number of ether oxygens (including phenoxy) is 1. The van der Waals surface area contributed by atoms with Crippen LogP contribution < -0.4 is 16.4 Å². The van der Waals surface area contributed by atoms with E-state index >= 15 is 0 Å². The maximum Gasteiger partial charge on any atom is 0.407 e. The Morgan fingerprint density at radius 1 is 1.32 bits per heavy atom. The molecule has 0 aliphatic heterocycles. The van der Waals surface area contributed by atoms with Gasteiger partial charge in [-0.05, 0) is 51.5 Å². The van der Waals surface area contributed by atoms with E-state index in [2.05, 4.69) is 10.6 Å². The molecule has 4 N–H and O–H groups in total. The third-order valence-electron chi connectivity index (χ3n) is 2.36. The lowest BCUT2D eigenvalue weighted by atomic mass is 10.2. The van der Waals surface area contributed by atoms with Gasteiger partial charge in [-0.2, -0.15) is 0 Å². The van der Waals surface area contributed by atoms with Crippen LogP contribution in [0.2, 0.25) is 0 Å². The second-order valence-corrected chi connectivity index (χ2v) is 5.43. The highest BCUT2D eigenvalue weighted by Crippen LogP contribution is 2.16. The van der Waals surface area contributed by atoms with Crippen molar-refractivity contribution in [2.24, 2.45) is 0 Å². The molecule has 1 aromatic rings. The highest BCUT2D eigenvalue weighted by molar-refractivity contribution is 5.67. The Hall–Kier alpha value is -1.91. The van der Waals surface area contributed by atoms with E-state index in [0.29, 0.717) is 13.1 Å². The number of rotatable bonds is 4. The van der Waals surface area contributed by atoms with Gasteiger partial charge >= 0.3 is 6.09 Å². The quantitative estimate of drug-likeness (QED) is 0.577. The maximum absolute atomic E-state index is 11.4. The molecule has 0 bridgehead atoms. The number of hydrogen-bond donors (Lipinski definition) is 3. The van der Waals surface area contributed by atoms with Gasteiger partial charge < -0.3 is 21.1 Å². The summed E-state index contributed by atoms with van der Waals surface area (Å²) in [4.78, 5) is 11.4. The summed E-state index contributed by atoms with van der Waals surface area (Å²) in [6.45, 7) is 8.62. The summed E-state index contributed by atoms with van der Waals surface area (Å²) < 4.78 is 5.14. The van der Waals surface area contributed by atoms with Crippen molar-refractivity contribution in [3.05, 3.63) is 23.8 Å². The molecule has 0 heterocycles. The van der Waals surface area contributed by atoms with Crippen LogP contribution in [0.3, 0.4) is 0 Å². The fraction of sp³-hybridized carbons (Fsp3) is 0.500. The molecule has 0 aromatic heterocycles. The first-order chi connectivity index (χ1) is 8.78. The molecule has 0 unspecified atom stereocenters. The van der Waals surface area contributed by atoms with Crippen LogP contribution in [-0.4, -0.2) is 24.8 Å². The first-order valence-electron chi connectivity index (χ1n) is 6.35. The average molecular weight is 265 g/mol. The largest absolute Gasteiger partial charge is 0.444 e. The molecule has 5 heteroatoms. The maximum atomic E-state index is 11.4. The lowest BCUT2D eigenvalue weighted by Gasteiger charge is -2.19. The molecular weight excluding hydrogens is 242 g/mol. The summed E-state index contributed by atoms with van der Waals surface area (Å²) in [5, 5.41) is 5.92. The van der Waals surface area contributed by atoms with Gasteiger partial charge in [-0.25, -0.2) is 4.79 Å². The Balaban J connectivity index is 2.29. The van der Waals surface area contributed by atoms with Crippen LogP contribution in [0.15, 0.2) is 18.2 Å². The molecule has 106 valence electrons. The van der Waals surface area contributed by atoms with Crippen molar-refractivity contribution in [2.75, 3.05) is 24.1 Å². The molecule has 0 radical (unpaired) electrons. The van der Waals surface area contributed by atoms with Gasteiger partial charge in [0.15, 0.2) is 0 Å². The van der Waals surface area contributed by atoms with E-state index in [1.54, 1.807) is 0 Å². The van der Waals surface area contributed by atoms with Crippen LogP contribution in [-0.2, 0) is 4.74 Å².